The lowest BCUT2D eigenvalue weighted by atomic mass is 10.1. The van der Waals surface area contributed by atoms with Crippen LogP contribution in [0, 0.1) is 20.8 Å². The molecule has 8 heteroatoms. The second-order valence-electron chi connectivity index (χ2n) is 7.80. The third-order valence-electron chi connectivity index (χ3n) is 5.12. The number of anilines is 2. The van der Waals surface area contributed by atoms with Gasteiger partial charge in [-0.2, -0.15) is 4.31 Å². The molecule has 0 bridgehead atoms. The lowest BCUT2D eigenvalue weighted by Gasteiger charge is -2.35. The van der Waals surface area contributed by atoms with Gasteiger partial charge in [-0.1, -0.05) is 18.2 Å². The molecule has 2 N–H and O–H groups in total. The third kappa shape index (κ3) is 5.96. The first-order valence-corrected chi connectivity index (χ1v) is 11.8. The fourth-order valence-electron chi connectivity index (χ4n) is 3.69. The summed E-state index contributed by atoms with van der Waals surface area (Å²) in [6.45, 7) is 8.25. The van der Waals surface area contributed by atoms with E-state index in [0.29, 0.717) is 31.9 Å². The Labute approximate surface area is 179 Å². The Hall–Kier alpha value is -2.58. The summed E-state index contributed by atoms with van der Waals surface area (Å²) in [6.07, 6.45) is 0. The van der Waals surface area contributed by atoms with Gasteiger partial charge in [-0.15, -0.1) is 0 Å². The van der Waals surface area contributed by atoms with Gasteiger partial charge in [-0.3, -0.25) is 0 Å². The fourth-order valence-corrected chi connectivity index (χ4v) is 5.03. The maximum absolute atomic E-state index is 12.6. The number of nitrogens with one attached hydrogen (secondary N) is 2. The van der Waals surface area contributed by atoms with E-state index in [1.165, 1.54) is 9.87 Å². The molecule has 0 spiro atoms. The van der Waals surface area contributed by atoms with Crippen molar-refractivity contribution in [1.82, 2.24) is 9.62 Å². The van der Waals surface area contributed by atoms with E-state index < -0.39 is 16.1 Å². The van der Waals surface area contributed by atoms with E-state index in [2.05, 4.69) is 27.7 Å². The van der Waals surface area contributed by atoms with E-state index in [1.54, 1.807) is 0 Å². The SMILES string of the molecule is Cc1cc(C)cc(NC(=O)NCCS(=O)(=O)N2CCN(c3cccc(C)c3)CC2)c1. The van der Waals surface area contributed by atoms with E-state index in [9.17, 15) is 13.2 Å². The van der Waals surface area contributed by atoms with Crippen LogP contribution in [0.25, 0.3) is 0 Å². The molecule has 1 saturated heterocycles. The third-order valence-corrected chi connectivity index (χ3v) is 7.00. The van der Waals surface area contributed by atoms with Crippen LogP contribution in [-0.2, 0) is 10.0 Å². The van der Waals surface area contributed by atoms with Gasteiger partial charge in [0.05, 0.1) is 5.75 Å². The van der Waals surface area contributed by atoms with Crippen LogP contribution in [0.2, 0.25) is 0 Å². The number of amides is 2. The van der Waals surface area contributed by atoms with Gasteiger partial charge in [0, 0.05) is 44.1 Å². The van der Waals surface area contributed by atoms with E-state index in [0.717, 1.165) is 16.8 Å². The van der Waals surface area contributed by atoms with Crippen molar-refractivity contribution < 1.29 is 13.2 Å². The lowest BCUT2D eigenvalue weighted by molar-refractivity contribution is 0.252. The number of hydrogen-bond donors (Lipinski definition) is 2. The Balaban J connectivity index is 1.45. The van der Waals surface area contributed by atoms with Gasteiger partial charge < -0.3 is 15.5 Å². The van der Waals surface area contributed by atoms with Gasteiger partial charge >= 0.3 is 6.03 Å². The van der Waals surface area contributed by atoms with Crippen molar-refractivity contribution in [3.8, 4) is 0 Å². The first-order chi connectivity index (χ1) is 14.2. The summed E-state index contributed by atoms with van der Waals surface area (Å²) < 4.78 is 26.8. The van der Waals surface area contributed by atoms with Crippen LogP contribution in [0.15, 0.2) is 42.5 Å². The highest BCUT2D eigenvalue weighted by Gasteiger charge is 2.26. The molecule has 2 aromatic rings. The number of nitrogens with zero attached hydrogens (tertiary/aromatic N) is 2. The molecule has 2 aromatic carbocycles. The zero-order valence-corrected chi connectivity index (χ0v) is 18.6. The Morgan fingerprint density at radius 2 is 1.60 bits per heavy atom. The van der Waals surface area contributed by atoms with E-state index in [-0.39, 0.29) is 12.3 Å². The van der Waals surface area contributed by atoms with Gasteiger partial charge in [0.1, 0.15) is 0 Å². The zero-order chi connectivity index (χ0) is 21.7. The molecule has 0 aromatic heterocycles. The summed E-state index contributed by atoms with van der Waals surface area (Å²) in [5.41, 5.74) is 5.11. The minimum Gasteiger partial charge on any atom is -0.369 e. The van der Waals surface area contributed by atoms with Gasteiger partial charge in [0.25, 0.3) is 0 Å². The summed E-state index contributed by atoms with van der Waals surface area (Å²) in [7, 11) is -3.41. The standard InChI is InChI=1S/C22H30N4O3S/c1-17-5-4-6-21(16-17)25-8-10-26(11-9-25)30(28,29)12-7-23-22(27)24-20-14-18(2)13-19(3)15-20/h4-6,13-16H,7-12H2,1-3H3,(H2,23,24,27). The monoisotopic (exact) mass is 430 g/mol. The van der Waals surface area contributed by atoms with Crippen molar-refractivity contribution in [3.63, 3.8) is 0 Å². The highest BCUT2D eigenvalue weighted by atomic mass is 32.2. The molecule has 0 unspecified atom stereocenters. The van der Waals surface area contributed by atoms with Gasteiger partial charge in [0.15, 0.2) is 0 Å². The number of carbonyl (C=O) groups excluding carboxylic acids is 1. The molecule has 0 radical (unpaired) electrons. The van der Waals surface area contributed by atoms with Crippen molar-refractivity contribution in [2.45, 2.75) is 20.8 Å². The average molecular weight is 431 g/mol. The molecule has 162 valence electrons. The number of hydrogen-bond acceptors (Lipinski definition) is 4. The molecule has 30 heavy (non-hydrogen) atoms. The molecular weight excluding hydrogens is 400 g/mol. The smallest absolute Gasteiger partial charge is 0.319 e. The predicted molar refractivity (Wildman–Crippen MR) is 122 cm³/mol. The summed E-state index contributed by atoms with van der Waals surface area (Å²) >= 11 is 0. The van der Waals surface area contributed by atoms with E-state index in [1.807, 2.05) is 51.1 Å². The maximum atomic E-state index is 12.6. The summed E-state index contributed by atoms with van der Waals surface area (Å²) in [5.74, 6) is -0.113. The molecule has 2 amide bonds. The molecule has 1 heterocycles. The first-order valence-electron chi connectivity index (χ1n) is 10.2. The minimum absolute atomic E-state index is 0.0665. The number of rotatable bonds is 6. The van der Waals surface area contributed by atoms with Crippen LogP contribution >= 0.6 is 0 Å². The summed E-state index contributed by atoms with van der Waals surface area (Å²) in [5, 5.41) is 5.39. The molecule has 1 aliphatic rings. The first kappa shape index (κ1) is 22.1. The number of piperazine rings is 1. The molecule has 0 aliphatic carbocycles. The van der Waals surface area contributed by atoms with Crippen molar-refractivity contribution in [1.29, 1.82) is 0 Å². The van der Waals surface area contributed by atoms with Crippen molar-refractivity contribution >= 4 is 27.4 Å². The second-order valence-corrected chi connectivity index (χ2v) is 9.89. The average Bonchev–Trinajstić information content (AvgIpc) is 2.67. The van der Waals surface area contributed by atoms with Crippen LogP contribution in [0.1, 0.15) is 16.7 Å². The van der Waals surface area contributed by atoms with E-state index >= 15 is 0 Å². The quantitative estimate of drug-likeness (QED) is 0.738. The molecule has 0 atom stereocenters. The van der Waals surface area contributed by atoms with Crippen LogP contribution < -0.4 is 15.5 Å². The summed E-state index contributed by atoms with van der Waals surface area (Å²) in [6, 6.07) is 13.6. The Morgan fingerprint density at radius 3 is 2.23 bits per heavy atom. The topological polar surface area (TPSA) is 81.8 Å². The Kier molecular flexibility index (Phi) is 6.99. The van der Waals surface area contributed by atoms with Crippen LogP contribution in [-0.4, -0.2) is 57.2 Å². The highest BCUT2D eigenvalue weighted by Crippen LogP contribution is 2.19. The second kappa shape index (κ2) is 9.49. The number of urea groups is 1. The predicted octanol–water partition coefficient (Wildman–Crippen LogP) is 2.89. The molecule has 3 rings (SSSR count). The molecule has 7 nitrogen and oxygen atoms in total. The van der Waals surface area contributed by atoms with E-state index in [4.69, 9.17) is 0 Å². The molecule has 1 fully saturated rings. The van der Waals surface area contributed by atoms with Crippen LogP contribution in [0.3, 0.4) is 0 Å². The molecular formula is C22H30N4O3S. The zero-order valence-electron chi connectivity index (χ0n) is 17.8. The normalized spacial score (nSPS) is 15.1. The van der Waals surface area contributed by atoms with Crippen molar-refractivity contribution in [2.75, 3.05) is 48.7 Å². The number of carbonyl (C=O) groups is 1. The van der Waals surface area contributed by atoms with Crippen LogP contribution in [0.4, 0.5) is 16.2 Å². The summed E-state index contributed by atoms with van der Waals surface area (Å²) in [4.78, 5) is 14.3. The fraction of sp³-hybridized carbons (Fsp3) is 0.409. The number of sulfonamides is 1. The number of benzene rings is 2. The van der Waals surface area contributed by atoms with Crippen LogP contribution in [0.5, 0.6) is 0 Å². The minimum atomic E-state index is -3.41. The number of aryl methyl sites for hydroxylation is 3. The Morgan fingerprint density at radius 1 is 0.933 bits per heavy atom. The largest absolute Gasteiger partial charge is 0.369 e. The maximum Gasteiger partial charge on any atom is 0.319 e. The molecule has 0 saturated carbocycles. The van der Waals surface area contributed by atoms with Gasteiger partial charge in [0.2, 0.25) is 10.0 Å². The van der Waals surface area contributed by atoms with Crippen molar-refractivity contribution in [3.05, 3.63) is 59.2 Å². The van der Waals surface area contributed by atoms with Crippen molar-refractivity contribution in [2.24, 2.45) is 0 Å². The highest BCUT2D eigenvalue weighted by molar-refractivity contribution is 7.89. The Bertz CT molecular complexity index is 979. The van der Waals surface area contributed by atoms with Gasteiger partial charge in [-0.05, 0) is 61.7 Å². The molecule has 1 aliphatic heterocycles. The van der Waals surface area contributed by atoms with Gasteiger partial charge in [-0.25, -0.2) is 13.2 Å². The lowest BCUT2D eigenvalue weighted by Crippen LogP contribution is -2.50.